The van der Waals surface area contributed by atoms with Crippen molar-refractivity contribution < 1.29 is 20.1 Å². The summed E-state index contributed by atoms with van der Waals surface area (Å²) in [7, 11) is 0. The number of aromatic amines is 1. The number of aliphatic hydroxyl groups excluding tert-OH is 3. The molecular weight excluding hydrogens is 304 g/mol. The molecule has 4 atom stereocenters. The van der Waals surface area contributed by atoms with Gasteiger partial charge in [0.05, 0.1) is 11.6 Å². The third-order valence-electron chi connectivity index (χ3n) is 3.45. The van der Waals surface area contributed by atoms with Gasteiger partial charge in [0.2, 0.25) is 5.95 Å². The first-order valence-corrected chi connectivity index (χ1v) is 6.50. The first kappa shape index (κ1) is 14.3. The summed E-state index contributed by atoms with van der Waals surface area (Å²) in [5, 5.41) is 29.1. The monoisotopic (exact) mass is 316 g/mol. The fraction of sp³-hybridized carbons (Fsp3) is 0.455. The first-order valence-electron chi connectivity index (χ1n) is 6.12. The largest absolute Gasteiger partial charge is 0.394 e. The second kappa shape index (κ2) is 4.97. The minimum atomic E-state index is -1.31. The highest BCUT2D eigenvalue weighted by molar-refractivity contribution is 6.35. The van der Waals surface area contributed by atoms with Gasteiger partial charge < -0.3 is 30.4 Å². The first-order chi connectivity index (χ1) is 9.93. The Morgan fingerprint density at radius 3 is 2.81 bits per heavy atom. The van der Waals surface area contributed by atoms with E-state index < -0.39 is 36.7 Å². The van der Waals surface area contributed by atoms with Gasteiger partial charge in [-0.1, -0.05) is 11.6 Å². The molecule has 0 amide bonds. The van der Waals surface area contributed by atoms with Gasteiger partial charge in [-0.3, -0.25) is 9.78 Å². The number of rotatable bonds is 2. The van der Waals surface area contributed by atoms with Crippen LogP contribution < -0.4 is 11.3 Å². The second-order valence-electron chi connectivity index (χ2n) is 4.76. The van der Waals surface area contributed by atoms with Crippen molar-refractivity contribution in [2.75, 3.05) is 12.3 Å². The van der Waals surface area contributed by atoms with E-state index >= 15 is 0 Å². The number of anilines is 1. The van der Waals surface area contributed by atoms with Crippen LogP contribution in [-0.2, 0) is 4.74 Å². The van der Waals surface area contributed by atoms with E-state index in [4.69, 9.17) is 27.2 Å². The van der Waals surface area contributed by atoms with E-state index in [1.807, 2.05) is 0 Å². The van der Waals surface area contributed by atoms with E-state index in [9.17, 15) is 15.0 Å². The number of fused-ring (bicyclic) bond motifs is 1. The summed E-state index contributed by atoms with van der Waals surface area (Å²) in [5.74, 6) is -0.115. The minimum absolute atomic E-state index is 0.101. The van der Waals surface area contributed by atoms with E-state index in [-0.39, 0.29) is 22.0 Å². The molecule has 114 valence electrons. The average molecular weight is 317 g/mol. The maximum Gasteiger partial charge on any atom is 0.263 e. The fourth-order valence-electron chi connectivity index (χ4n) is 2.43. The Morgan fingerprint density at radius 1 is 1.48 bits per heavy atom. The van der Waals surface area contributed by atoms with Crippen molar-refractivity contribution in [2.45, 2.75) is 24.5 Å². The summed E-state index contributed by atoms with van der Waals surface area (Å²) in [6.45, 7) is -0.461. The number of H-pyrrole nitrogens is 1. The predicted molar refractivity (Wildman–Crippen MR) is 72.8 cm³/mol. The zero-order valence-corrected chi connectivity index (χ0v) is 11.4. The van der Waals surface area contributed by atoms with Crippen LogP contribution in [0.4, 0.5) is 5.95 Å². The lowest BCUT2D eigenvalue weighted by atomic mass is 10.1. The van der Waals surface area contributed by atoms with Gasteiger partial charge in [-0.15, -0.1) is 0 Å². The number of ether oxygens (including phenoxy) is 1. The zero-order valence-electron chi connectivity index (χ0n) is 10.6. The molecule has 3 rings (SSSR count). The van der Waals surface area contributed by atoms with Crippen LogP contribution in [0.5, 0.6) is 0 Å². The Labute approximate surface area is 122 Å². The molecule has 21 heavy (non-hydrogen) atoms. The molecule has 0 aliphatic carbocycles. The predicted octanol–water partition coefficient (Wildman–Crippen LogP) is -1.43. The van der Waals surface area contributed by atoms with Crippen molar-refractivity contribution in [3.8, 4) is 0 Å². The van der Waals surface area contributed by atoms with Gasteiger partial charge in [0.1, 0.15) is 23.7 Å². The van der Waals surface area contributed by atoms with Crippen LogP contribution >= 0.6 is 11.6 Å². The highest BCUT2D eigenvalue weighted by Gasteiger charge is 2.44. The third-order valence-corrected chi connectivity index (χ3v) is 3.73. The summed E-state index contributed by atoms with van der Waals surface area (Å²) in [5.41, 5.74) is 5.10. The maximum atomic E-state index is 11.8. The summed E-state index contributed by atoms with van der Waals surface area (Å²) < 4.78 is 6.70. The number of aromatic nitrogens is 3. The van der Waals surface area contributed by atoms with Crippen molar-refractivity contribution >= 4 is 28.6 Å². The number of nitrogen functional groups attached to an aromatic ring is 1. The molecule has 1 aliphatic rings. The third kappa shape index (κ3) is 2.10. The molecule has 0 spiro atoms. The number of hydrogen-bond donors (Lipinski definition) is 5. The molecule has 0 aromatic carbocycles. The number of nitrogens with one attached hydrogen (secondary N) is 1. The van der Waals surface area contributed by atoms with E-state index in [1.54, 1.807) is 0 Å². The van der Waals surface area contributed by atoms with Gasteiger partial charge in [-0.2, -0.15) is 4.98 Å². The van der Waals surface area contributed by atoms with Gasteiger partial charge in [-0.05, 0) is 0 Å². The lowest BCUT2D eigenvalue weighted by Crippen LogP contribution is -2.33. The Balaban J connectivity index is 2.16. The van der Waals surface area contributed by atoms with Crippen LogP contribution in [0.3, 0.4) is 0 Å². The van der Waals surface area contributed by atoms with Crippen molar-refractivity contribution in [2.24, 2.45) is 0 Å². The fourth-order valence-corrected chi connectivity index (χ4v) is 2.71. The number of nitrogens with zero attached hydrogens (tertiary/aromatic N) is 2. The molecule has 0 unspecified atom stereocenters. The van der Waals surface area contributed by atoms with Crippen molar-refractivity contribution in [3.05, 3.63) is 21.6 Å². The highest BCUT2D eigenvalue weighted by atomic mass is 35.5. The van der Waals surface area contributed by atoms with E-state index in [0.717, 1.165) is 0 Å². The molecule has 1 fully saturated rings. The van der Waals surface area contributed by atoms with E-state index in [1.165, 1.54) is 10.8 Å². The van der Waals surface area contributed by atoms with Crippen LogP contribution in [0.1, 0.15) is 6.23 Å². The van der Waals surface area contributed by atoms with Crippen molar-refractivity contribution in [3.63, 3.8) is 0 Å². The summed E-state index contributed by atoms with van der Waals surface area (Å²) in [6.07, 6.45) is -3.21. The van der Waals surface area contributed by atoms with Gasteiger partial charge in [-0.25, -0.2) is 0 Å². The van der Waals surface area contributed by atoms with Crippen LogP contribution in [0.15, 0.2) is 11.0 Å². The van der Waals surface area contributed by atoms with Gasteiger partial charge in [0.25, 0.3) is 5.56 Å². The van der Waals surface area contributed by atoms with Gasteiger partial charge >= 0.3 is 0 Å². The lowest BCUT2D eigenvalue weighted by Gasteiger charge is -2.17. The Bertz CT molecular complexity index is 744. The molecule has 0 radical (unpaired) electrons. The molecular formula is C11H13ClN4O5. The average Bonchev–Trinajstić information content (AvgIpc) is 2.89. The Kier molecular flexibility index (Phi) is 3.38. The normalized spacial score (nSPS) is 29.3. The number of aliphatic hydroxyl groups is 3. The van der Waals surface area contributed by atoms with Crippen molar-refractivity contribution in [1.29, 1.82) is 0 Å². The number of nitrogens with two attached hydrogens (primary N) is 1. The molecule has 0 bridgehead atoms. The molecule has 0 saturated carbocycles. The second-order valence-corrected chi connectivity index (χ2v) is 5.17. The molecule has 9 nitrogen and oxygen atoms in total. The molecule has 2 aromatic heterocycles. The SMILES string of the molecule is Nc1nc2c(c(Cl)cn2[C@H]2O[C@@H](CO)[C@H](O)[C@@H]2O)c(=O)[nH]1. The van der Waals surface area contributed by atoms with Crippen molar-refractivity contribution in [1.82, 2.24) is 14.5 Å². The quantitative estimate of drug-likeness (QED) is 0.456. The van der Waals surface area contributed by atoms with E-state index in [2.05, 4.69) is 9.97 Å². The molecule has 10 heteroatoms. The molecule has 6 N–H and O–H groups in total. The highest BCUT2D eigenvalue weighted by Crippen LogP contribution is 2.33. The topological polar surface area (TPSA) is 147 Å². The van der Waals surface area contributed by atoms with Crippen LogP contribution in [0.25, 0.3) is 11.0 Å². The summed E-state index contributed by atoms with van der Waals surface area (Å²) >= 11 is 6.00. The number of halogens is 1. The minimum Gasteiger partial charge on any atom is -0.394 e. The van der Waals surface area contributed by atoms with Crippen LogP contribution in [0, 0.1) is 0 Å². The lowest BCUT2D eigenvalue weighted by molar-refractivity contribution is -0.0508. The zero-order chi connectivity index (χ0) is 15.3. The molecule has 2 aromatic rings. The molecule has 1 aliphatic heterocycles. The summed E-state index contributed by atoms with van der Waals surface area (Å²) in [6, 6.07) is 0. The van der Waals surface area contributed by atoms with E-state index in [0.29, 0.717) is 0 Å². The standard InChI is InChI=1S/C11H13ClN4O5/c12-3-1-16(8-5(3)9(20)15-11(13)14-8)10-7(19)6(18)4(2-17)21-10/h1,4,6-7,10,17-19H,2H2,(H3,13,14,15,20)/t4-,6-,7-,10-/m0/s1. The maximum absolute atomic E-state index is 11.8. The smallest absolute Gasteiger partial charge is 0.263 e. The van der Waals surface area contributed by atoms with Crippen LogP contribution in [-0.4, -0.2) is 54.8 Å². The van der Waals surface area contributed by atoms with Gasteiger partial charge in [0, 0.05) is 6.20 Å². The number of hydrogen-bond acceptors (Lipinski definition) is 7. The van der Waals surface area contributed by atoms with Gasteiger partial charge in [0.15, 0.2) is 11.9 Å². The Hall–Kier alpha value is -1.65. The van der Waals surface area contributed by atoms with Crippen LogP contribution in [0.2, 0.25) is 5.02 Å². The molecule has 3 heterocycles. The summed E-state index contributed by atoms with van der Waals surface area (Å²) in [4.78, 5) is 18.1. The molecule has 1 saturated heterocycles. The Morgan fingerprint density at radius 2 is 2.19 bits per heavy atom.